The zero-order valence-electron chi connectivity index (χ0n) is 42.8. The van der Waals surface area contributed by atoms with Crippen molar-refractivity contribution in [1.82, 2.24) is 0 Å². The smallest absolute Gasteiger partial charge is 0.0200 e. The van der Waals surface area contributed by atoms with Crippen LogP contribution in [0.3, 0.4) is 0 Å². The summed E-state index contributed by atoms with van der Waals surface area (Å²) in [6, 6.07) is 80.9. The summed E-state index contributed by atoms with van der Waals surface area (Å²) >= 11 is 0. The van der Waals surface area contributed by atoms with Gasteiger partial charge in [0.25, 0.3) is 0 Å². The van der Waals surface area contributed by atoms with Crippen molar-refractivity contribution in [2.24, 2.45) is 11.8 Å². The maximum atomic E-state index is 2.63. The first-order valence-electron chi connectivity index (χ1n) is 27.1. The summed E-state index contributed by atoms with van der Waals surface area (Å²) in [5.74, 6) is 0.460. The van der Waals surface area contributed by atoms with E-state index in [0.29, 0.717) is 0 Å². The van der Waals surface area contributed by atoms with Gasteiger partial charge in [-0.1, -0.05) is 215 Å². The molecule has 0 heterocycles. The number of fused-ring (bicyclic) bond motifs is 7. The summed E-state index contributed by atoms with van der Waals surface area (Å²) in [5, 5.41) is 10.6. The topological polar surface area (TPSA) is 0 Å². The van der Waals surface area contributed by atoms with Gasteiger partial charge in [-0.05, 0) is 220 Å². The Kier molecular flexibility index (Phi) is 9.23. The van der Waals surface area contributed by atoms with E-state index < -0.39 is 0 Å². The Labute approximate surface area is 444 Å². The van der Waals surface area contributed by atoms with Crippen LogP contribution in [0.5, 0.6) is 0 Å². The number of hydrogen-bond acceptors (Lipinski definition) is 0. The third-order valence-corrected chi connectivity index (χ3v) is 17.3. The van der Waals surface area contributed by atoms with Gasteiger partial charge < -0.3 is 0 Å². The molecule has 0 heteroatoms. The first-order chi connectivity index (χ1) is 37.3. The van der Waals surface area contributed by atoms with Crippen molar-refractivity contribution in [2.75, 3.05) is 0 Å². The predicted octanol–water partition coefficient (Wildman–Crippen LogP) is 20.8. The van der Waals surface area contributed by atoms with Crippen molar-refractivity contribution >= 4 is 54.2 Å². The molecule has 2 atom stereocenters. The second kappa shape index (κ2) is 16.2. The van der Waals surface area contributed by atoms with Gasteiger partial charge in [-0.3, -0.25) is 0 Å². The van der Waals surface area contributed by atoms with E-state index in [9.17, 15) is 0 Å². The van der Waals surface area contributed by atoms with Crippen molar-refractivity contribution in [3.63, 3.8) is 0 Å². The molecule has 0 bridgehead atoms. The maximum Gasteiger partial charge on any atom is 0.0200 e. The van der Waals surface area contributed by atoms with Gasteiger partial charge >= 0.3 is 0 Å². The van der Waals surface area contributed by atoms with Gasteiger partial charge in [0.1, 0.15) is 0 Å². The Morgan fingerprint density at radius 1 is 0.303 bits per heavy atom. The van der Waals surface area contributed by atoms with Crippen LogP contribution >= 0.6 is 0 Å². The molecule has 0 saturated carbocycles. The summed E-state index contributed by atoms with van der Waals surface area (Å²) in [4.78, 5) is 0. The summed E-state index contributed by atoms with van der Waals surface area (Å²) in [5.41, 5.74) is 26.9. The van der Waals surface area contributed by atoms with Crippen molar-refractivity contribution in [3.05, 3.63) is 265 Å². The van der Waals surface area contributed by atoms with Crippen molar-refractivity contribution in [3.8, 4) is 89.0 Å². The minimum absolute atomic E-state index is 0.00492. The van der Waals surface area contributed by atoms with Gasteiger partial charge in [0.2, 0.25) is 0 Å². The fourth-order valence-electron chi connectivity index (χ4n) is 13.8. The molecule has 0 amide bonds. The molecule has 0 aromatic heterocycles. The molecule has 4 aliphatic carbocycles. The molecule has 4 aliphatic rings. The minimum Gasteiger partial charge on any atom is -0.0767 e. The van der Waals surface area contributed by atoms with Crippen LogP contribution in [0.25, 0.3) is 143 Å². The van der Waals surface area contributed by atoms with E-state index in [-0.39, 0.29) is 17.3 Å². The van der Waals surface area contributed by atoms with E-state index in [1.165, 1.54) is 160 Å². The largest absolute Gasteiger partial charge is 0.0767 e. The van der Waals surface area contributed by atoms with E-state index in [0.717, 1.165) is 0 Å². The number of benzene rings is 12. The predicted molar refractivity (Wildman–Crippen MR) is 325 cm³/mol. The van der Waals surface area contributed by atoms with Crippen LogP contribution in [0, 0.1) is 11.8 Å². The molecule has 0 radical (unpaired) electrons. The van der Waals surface area contributed by atoms with Crippen molar-refractivity contribution < 1.29 is 0 Å². The lowest BCUT2D eigenvalue weighted by atomic mass is 9.77. The minimum atomic E-state index is 0.00492. The molecule has 0 spiro atoms. The molecule has 0 saturated heterocycles. The molecule has 16 rings (SSSR count). The van der Waals surface area contributed by atoms with Gasteiger partial charge in [0.05, 0.1) is 0 Å². The Balaban J connectivity index is 1.10. The molecular weight excluding hydrogens is 913 g/mol. The summed E-state index contributed by atoms with van der Waals surface area (Å²) in [6.45, 7) is 7.02. The van der Waals surface area contributed by atoms with Crippen LogP contribution in [0.15, 0.2) is 249 Å². The van der Waals surface area contributed by atoms with E-state index in [2.05, 4.69) is 270 Å². The van der Waals surface area contributed by atoms with E-state index in [4.69, 9.17) is 0 Å². The highest BCUT2D eigenvalue weighted by Crippen LogP contribution is 2.62. The molecule has 12 aromatic carbocycles. The first-order valence-corrected chi connectivity index (χ1v) is 27.1. The van der Waals surface area contributed by atoms with Gasteiger partial charge in [-0.25, -0.2) is 0 Å². The zero-order chi connectivity index (χ0) is 50.4. The molecule has 356 valence electrons. The molecule has 0 N–H and O–H groups in total. The number of allylic oxidation sites excluding steroid dienone is 8. The summed E-state index contributed by atoms with van der Waals surface area (Å²) < 4.78 is 0. The molecule has 2 unspecified atom stereocenters. The van der Waals surface area contributed by atoms with Gasteiger partial charge in [-0.2, -0.15) is 0 Å². The first kappa shape index (κ1) is 43.3. The number of hydrogen-bond donors (Lipinski definition) is 0. The Morgan fingerprint density at radius 3 is 1.20 bits per heavy atom. The fourth-order valence-corrected chi connectivity index (χ4v) is 13.8. The van der Waals surface area contributed by atoms with Crippen LogP contribution in [0.2, 0.25) is 0 Å². The Morgan fingerprint density at radius 2 is 0.724 bits per heavy atom. The van der Waals surface area contributed by atoms with Crippen LogP contribution in [0.4, 0.5) is 0 Å². The van der Waals surface area contributed by atoms with Crippen molar-refractivity contribution in [2.45, 2.75) is 26.2 Å². The van der Waals surface area contributed by atoms with Crippen LogP contribution in [0.1, 0.15) is 37.5 Å². The highest BCUT2D eigenvalue weighted by atomic mass is 14.4. The van der Waals surface area contributed by atoms with Crippen molar-refractivity contribution in [1.29, 1.82) is 0 Å². The van der Waals surface area contributed by atoms with E-state index in [1.54, 1.807) is 0 Å². The highest BCUT2D eigenvalue weighted by Gasteiger charge is 2.42. The Bertz CT molecular complexity index is 4440. The average molecular weight is 965 g/mol. The van der Waals surface area contributed by atoms with Gasteiger partial charge in [0.15, 0.2) is 0 Å². The summed E-state index contributed by atoms with van der Waals surface area (Å²) in [7, 11) is 0. The lowest BCUT2D eigenvalue weighted by Gasteiger charge is -2.26. The van der Waals surface area contributed by atoms with Crippen LogP contribution in [-0.2, 0) is 5.41 Å². The fraction of sp³-hybridized carbons (Fsp3) is 0.0789. The summed E-state index contributed by atoms with van der Waals surface area (Å²) in [6.07, 6.45) is 14.4. The normalized spacial score (nSPS) is 15.9. The molecule has 0 nitrogen and oxygen atoms in total. The SMILES string of the molecule is CC(C)(C)c1cc2ccc3ccc4c5c(cc(c1)c2c35)-c1cc2c(-c3cc(-c5ccccc5)cc(-c5ccccc5)c3)c3c(c(-c5cc(-c6ccccc6)cc(-c6ccccc6)c5)c2cc1-4)C1=CC=CC2C=CC=C3C12. The van der Waals surface area contributed by atoms with Gasteiger partial charge in [-0.15, -0.1) is 0 Å². The standard InChI is InChI=1S/C76H52/c1-76(2,3)59-40-51-31-30-50-32-33-60-63-43-66-67(44-64(63)65-42-58(41-59)68(51)72(50)73(60)65)71(57-38-54(47-22-12-6-13-23-47)35-55(39-57)48-24-14-7-15-25-48)75-62-29-17-27-49-26-16-28-61(69(49)62)74(75)70(66)56-36-52(45-18-8-4-9-19-45)34-53(37-56)46-20-10-5-11-21-46/h4-44,49,69H,1-3H3. The molecular formula is C76H52. The van der Waals surface area contributed by atoms with Gasteiger partial charge in [0, 0.05) is 11.8 Å². The molecule has 0 fully saturated rings. The zero-order valence-corrected chi connectivity index (χ0v) is 42.8. The quantitative estimate of drug-likeness (QED) is 0.146. The van der Waals surface area contributed by atoms with E-state index >= 15 is 0 Å². The number of rotatable bonds is 6. The lowest BCUT2D eigenvalue weighted by molar-refractivity contribution is 0.591. The second-order valence-electron chi connectivity index (χ2n) is 22.7. The third kappa shape index (κ3) is 6.44. The van der Waals surface area contributed by atoms with Crippen LogP contribution < -0.4 is 0 Å². The maximum absolute atomic E-state index is 2.63. The average Bonchev–Trinajstić information content (AvgIpc) is 4.20. The highest BCUT2D eigenvalue weighted by molar-refractivity contribution is 6.33. The molecule has 12 aromatic rings. The monoisotopic (exact) mass is 964 g/mol. The Hall–Kier alpha value is -9.10. The van der Waals surface area contributed by atoms with E-state index in [1.807, 2.05) is 0 Å². The molecule has 0 aliphatic heterocycles. The molecule has 76 heavy (non-hydrogen) atoms. The third-order valence-electron chi connectivity index (χ3n) is 17.3. The lowest BCUT2D eigenvalue weighted by Crippen LogP contribution is -2.14. The van der Waals surface area contributed by atoms with Crippen LogP contribution in [-0.4, -0.2) is 0 Å². The second-order valence-corrected chi connectivity index (χ2v) is 22.7.